The third-order valence-electron chi connectivity index (χ3n) is 2.88. The van der Waals surface area contributed by atoms with E-state index in [0.717, 1.165) is 0 Å². The van der Waals surface area contributed by atoms with Crippen molar-refractivity contribution in [3.63, 3.8) is 0 Å². The molecule has 6 N–H and O–H groups in total. The van der Waals surface area contributed by atoms with Crippen LogP contribution in [0, 0.1) is 5.92 Å². The van der Waals surface area contributed by atoms with Crippen LogP contribution in [-0.4, -0.2) is 45.0 Å². The van der Waals surface area contributed by atoms with Gasteiger partial charge in [0.25, 0.3) is 0 Å². The highest BCUT2D eigenvalue weighted by molar-refractivity contribution is 5.82. The molecule has 22 heavy (non-hydrogen) atoms. The van der Waals surface area contributed by atoms with Crippen LogP contribution in [0.15, 0.2) is 4.52 Å². The van der Waals surface area contributed by atoms with Crippen molar-refractivity contribution in [2.24, 2.45) is 11.7 Å². The number of carbonyl (C=O) groups is 2. The van der Waals surface area contributed by atoms with Crippen LogP contribution in [0.1, 0.15) is 38.0 Å². The number of carbonyl (C=O) groups excluding carboxylic acids is 1. The summed E-state index contributed by atoms with van der Waals surface area (Å²) in [5.74, 6) is -0.998. The van der Waals surface area contributed by atoms with Crippen molar-refractivity contribution in [3.05, 3.63) is 11.7 Å². The summed E-state index contributed by atoms with van der Waals surface area (Å²) in [6.45, 7) is 3.21. The van der Waals surface area contributed by atoms with Crippen molar-refractivity contribution in [2.45, 2.75) is 38.9 Å². The highest BCUT2D eigenvalue weighted by atomic mass is 16.5. The minimum absolute atomic E-state index is 0.0604. The molecule has 0 saturated heterocycles. The zero-order valence-corrected chi connectivity index (χ0v) is 12.4. The zero-order valence-electron chi connectivity index (χ0n) is 12.4. The number of amides is 2. The van der Waals surface area contributed by atoms with Crippen LogP contribution in [-0.2, 0) is 11.3 Å². The lowest BCUT2D eigenvalue weighted by Crippen LogP contribution is -2.48. The number of rotatable bonds is 8. The van der Waals surface area contributed by atoms with Crippen molar-refractivity contribution >= 4 is 12.0 Å². The van der Waals surface area contributed by atoms with Gasteiger partial charge in [-0.2, -0.15) is 4.98 Å². The standard InChI is InChI=1S/C12H21N5O5/c1-6(2)9(11(19)20)16-12(21)14-5-8-15-10(17-22-8)7(13)3-4-18/h6-7,9,18H,3-5,13H2,1-2H3,(H,19,20)(H2,14,16,21)/t7-,9?/m0/s1. The fourth-order valence-corrected chi connectivity index (χ4v) is 1.62. The van der Waals surface area contributed by atoms with Crippen LogP contribution < -0.4 is 16.4 Å². The highest BCUT2D eigenvalue weighted by Crippen LogP contribution is 2.09. The number of nitrogens with zero attached hydrogens (tertiary/aromatic N) is 2. The normalized spacial score (nSPS) is 13.7. The molecular formula is C12H21N5O5. The third kappa shape index (κ3) is 5.30. The summed E-state index contributed by atoms with van der Waals surface area (Å²) in [6.07, 6.45) is 0.293. The van der Waals surface area contributed by atoms with Crippen LogP contribution >= 0.6 is 0 Å². The third-order valence-corrected chi connectivity index (χ3v) is 2.88. The van der Waals surface area contributed by atoms with Crippen molar-refractivity contribution in [3.8, 4) is 0 Å². The van der Waals surface area contributed by atoms with Crippen molar-refractivity contribution in [2.75, 3.05) is 6.61 Å². The molecule has 0 aromatic carbocycles. The number of aliphatic carboxylic acids is 1. The topological polar surface area (TPSA) is 164 Å². The Labute approximate surface area is 127 Å². The number of aliphatic hydroxyl groups is 1. The molecule has 124 valence electrons. The van der Waals surface area contributed by atoms with Crippen molar-refractivity contribution in [1.82, 2.24) is 20.8 Å². The molecule has 0 aliphatic heterocycles. The van der Waals surface area contributed by atoms with E-state index in [4.69, 9.17) is 20.5 Å². The second kappa shape index (κ2) is 8.29. The molecule has 0 radical (unpaired) electrons. The molecule has 0 fully saturated rings. The molecule has 10 heteroatoms. The van der Waals surface area contributed by atoms with Gasteiger partial charge >= 0.3 is 12.0 Å². The van der Waals surface area contributed by atoms with Gasteiger partial charge in [-0.1, -0.05) is 19.0 Å². The average molecular weight is 315 g/mol. The first-order chi connectivity index (χ1) is 10.3. The fraction of sp³-hybridized carbons (Fsp3) is 0.667. The van der Waals surface area contributed by atoms with Gasteiger partial charge in [0.15, 0.2) is 5.82 Å². The van der Waals surface area contributed by atoms with Crippen LogP contribution in [0.5, 0.6) is 0 Å². The van der Waals surface area contributed by atoms with Gasteiger partial charge in [-0.15, -0.1) is 0 Å². The smallest absolute Gasteiger partial charge is 0.326 e. The maximum atomic E-state index is 11.6. The largest absolute Gasteiger partial charge is 0.480 e. The summed E-state index contributed by atoms with van der Waals surface area (Å²) in [4.78, 5) is 26.6. The maximum Gasteiger partial charge on any atom is 0.326 e. The van der Waals surface area contributed by atoms with Gasteiger partial charge in [-0.25, -0.2) is 9.59 Å². The molecule has 0 spiro atoms. The van der Waals surface area contributed by atoms with Crippen LogP contribution in [0.25, 0.3) is 0 Å². The number of aliphatic hydroxyl groups excluding tert-OH is 1. The molecule has 1 aromatic rings. The lowest BCUT2D eigenvalue weighted by molar-refractivity contribution is -0.140. The van der Waals surface area contributed by atoms with Gasteiger partial charge in [0.05, 0.1) is 12.6 Å². The van der Waals surface area contributed by atoms with E-state index in [9.17, 15) is 9.59 Å². The molecule has 0 aliphatic carbocycles. The van der Waals surface area contributed by atoms with Gasteiger partial charge in [0.2, 0.25) is 5.89 Å². The second-order valence-corrected chi connectivity index (χ2v) is 5.05. The maximum absolute atomic E-state index is 11.6. The number of carboxylic acid groups (broad SMARTS) is 1. The first-order valence-electron chi connectivity index (χ1n) is 6.81. The summed E-state index contributed by atoms with van der Waals surface area (Å²) >= 11 is 0. The SMILES string of the molecule is CC(C)C(NC(=O)NCc1nc([C@@H](N)CCO)no1)C(=O)O. The van der Waals surface area contributed by atoms with E-state index < -0.39 is 24.1 Å². The summed E-state index contributed by atoms with van der Waals surface area (Å²) in [7, 11) is 0. The van der Waals surface area contributed by atoms with Gasteiger partial charge in [0.1, 0.15) is 6.04 Å². The Hall–Kier alpha value is -2.20. The Balaban J connectivity index is 2.49. The molecule has 1 aromatic heterocycles. The molecule has 0 bridgehead atoms. The first-order valence-corrected chi connectivity index (χ1v) is 6.81. The number of nitrogens with two attached hydrogens (primary N) is 1. The van der Waals surface area contributed by atoms with E-state index in [-0.39, 0.29) is 30.8 Å². The summed E-state index contributed by atoms with van der Waals surface area (Å²) in [5.41, 5.74) is 5.70. The number of hydrogen-bond acceptors (Lipinski definition) is 7. The van der Waals surface area contributed by atoms with E-state index >= 15 is 0 Å². The fourth-order valence-electron chi connectivity index (χ4n) is 1.62. The Morgan fingerprint density at radius 2 is 2.09 bits per heavy atom. The van der Waals surface area contributed by atoms with Gasteiger partial charge < -0.3 is 31.1 Å². The zero-order chi connectivity index (χ0) is 16.7. The monoisotopic (exact) mass is 315 g/mol. The number of hydrogen-bond donors (Lipinski definition) is 5. The lowest BCUT2D eigenvalue weighted by Gasteiger charge is -2.17. The molecule has 1 unspecified atom stereocenters. The molecule has 10 nitrogen and oxygen atoms in total. The van der Waals surface area contributed by atoms with Gasteiger partial charge in [0, 0.05) is 6.61 Å². The number of aromatic nitrogens is 2. The number of urea groups is 1. The van der Waals surface area contributed by atoms with Gasteiger partial charge in [-0.3, -0.25) is 0 Å². The van der Waals surface area contributed by atoms with Crippen molar-refractivity contribution in [1.29, 1.82) is 0 Å². The van der Waals surface area contributed by atoms with Crippen LogP contribution in [0.2, 0.25) is 0 Å². The van der Waals surface area contributed by atoms with Crippen LogP contribution in [0.4, 0.5) is 4.79 Å². The molecule has 1 heterocycles. The molecule has 1 rings (SSSR count). The Morgan fingerprint density at radius 1 is 1.41 bits per heavy atom. The van der Waals surface area contributed by atoms with Gasteiger partial charge in [-0.05, 0) is 12.3 Å². The molecule has 0 aliphatic rings. The second-order valence-electron chi connectivity index (χ2n) is 5.05. The van der Waals surface area contributed by atoms with E-state index in [0.29, 0.717) is 6.42 Å². The summed E-state index contributed by atoms with van der Waals surface area (Å²) in [5, 5.41) is 26.2. The van der Waals surface area contributed by atoms with E-state index in [1.54, 1.807) is 13.8 Å². The van der Waals surface area contributed by atoms with E-state index in [2.05, 4.69) is 20.8 Å². The predicted octanol–water partition coefficient (Wildman–Crippen LogP) is -0.640. The quantitative estimate of drug-likeness (QED) is 0.423. The highest BCUT2D eigenvalue weighted by Gasteiger charge is 2.23. The van der Waals surface area contributed by atoms with E-state index in [1.165, 1.54) is 0 Å². The summed E-state index contributed by atoms with van der Waals surface area (Å²) in [6, 6.07) is -2.19. The Morgan fingerprint density at radius 3 is 2.64 bits per heavy atom. The molecular weight excluding hydrogens is 294 g/mol. The first kappa shape index (κ1) is 17.9. The van der Waals surface area contributed by atoms with Crippen molar-refractivity contribution < 1.29 is 24.3 Å². The van der Waals surface area contributed by atoms with E-state index in [1.807, 2.05) is 0 Å². The number of nitrogens with one attached hydrogen (secondary N) is 2. The minimum atomic E-state index is -1.11. The Bertz CT molecular complexity index is 504. The average Bonchev–Trinajstić information content (AvgIpc) is 2.91. The number of carboxylic acids is 1. The van der Waals surface area contributed by atoms with Crippen LogP contribution in [0.3, 0.4) is 0 Å². The molecule has 2 atom stereocenters. The molecule has 2 amide bonds. The summed E-state index contributed by atoms with van der Waals surface area (Å²) < 4.78 is 4.90. The molecule has 0 saturated carbocycles. The Kier molecular flexibility index (Phi) is 6.73. The predicted molar refractivity (Wildman–Crippen MR) is 74.6 cm³/mol. The lowest BCUT2D eigenvalue weighted by atomic mass is 10.1. The minimum Gasteiger partial charge on any atom is -0.480 e.